The van der Waals surface area contributed by atoms with E-state index in [1.807, 2.05) is 41.2 Å². The average Bonchev–Trinajstić information content (AvgIpc) is 3.34. The summed E-state index contributed by atoms with van der Waals surface area (Å²) in [5.74, 6) is -0.104. The van der Waals surface area contributed by atoms with Crippen LogP contribution in [-0.4, -0.2) is 20.7 Å². The Kier molecular flexibility index (Phi) is 7.63. The Bertz CT molecular complexity index is 1470. The van der Waals surface area contributed by atoms with Gasteiger partial charge in [0.1, 0.15) is 5.82 Å². The van der Waals surface area contributed by atoms with E-state index in [0.29, 0.717) is 11.5 Å². The number of halogens is 1. The number of aromatic nitrogens is 3. The Labute approximate surface area is 221 Å². The third kappa shape index (κ3) is 5.99. The largest absolute Gasteiger partial charge is 0.345 e. The van der Waals surface area contributed by atoms with Gasteiger partial charge in [0.25, 0.3) is 5.91 Å². The van der Waals surface area contributed by atoms with E-state index < -0.39 is 0 Å². The maximum absolute atomic E-state index is 13.5. The predicted molar refractivity (Wildman–Crippen MR) is 147 cm³/mol. The summed E-state index contributed by atoms with van der Waals surface area (Å²) in [5.41, 5.74) is 5.54. The van der Waals surface area contributed by atoms with E-state index >= 15 is 0 Å². The topological polar surface area (TPSA) is 79.8 Å². The number of amides is 1. The smallest absolute Gasteiger partial charge is 0.253 e. The van der Waals surface area contributed by atoms with Crippen molar-refractivity contribution in [2.45, 2.75) is 45.1 Å². The molecule has 4 aromatic rings. The van der Waals surface area contributed by atoms with Crippen molar-refractivity contribution in [2.24, 2.45) is 5.92 Å². The van der Waals surface area contributed by atoms with Gasteiger partial charge in [-0.2, -0.15) is 5.10 Å². The van der Waals surface area contributed by atoms with Crippen molar-refractivity contribution in [3.63, 3.8) is 0 Å². The summed E-state index contributed by atoms with van der Waals surface area (Å²) >= 11 is 0. The first-order chi connectivity index (χ1) is 18.5. The number of rotatable bonds is 6. The van der Waals surface area contributed by atoms with E-state index in [9.17, 15) is 14.0 Å². The fourth-order valence-electron chi connectivity index (χ4n) is 5.09. The van der Waals surface area contributed by atoms with Gasteiger partial charge in [0.05, 0.1) is 29.2 Å². The molecule has 1 unspecified atom stereocenters. The SMILES string of the molecule is C/C1=C\c2c(cnn2-c2ccc(F)cc2)CC[C@@H](CC(NC(=O)c2ccc(=O)[nH]c2)c2ccccc2)CC1. The lowest BCUT2D eigenvalue weighted by molar-refractivity contribution is 0.0929. The molecule has 194 valence electrons. The van der Waals surface area contributed by atoms with Gasteiger partial charge < -0.3 is 10.3 Å². The molecule has 6 nitrogen and oxygen atoms in total. The first-order valence-corrected chi connectivity index (χ1v) is 13.0. The highest BCUT2D eigenvalue weighted by Crippen LogP contribution is 2.32. The van der Waals surface area contributed by atoms with Gasteiger partial charge in [-0.25, -0.2) is 9.07 Å². The molecule has 2 atom stereocenters. The number of allylic oxidation sites excluding steroid dienone is 1. The van der Waals surface area contributed by atoms with Crippen LogP contribution in [0.4, 0.5) is 4.39 Å². The van der Waals surface area contributed by atoms with E-state index in [2.05, 4.69) is 28.4 Å². The molecule has 0 saturated heterocycles. The number of carbonyl (C=O) groups is 1. The number of nitrogens with one attached hydrogen (secondary N) is 2. The zero-order valence-corrected chi connectivity index (χ0v) is 21.4. The first kappa shape index (κ1) is 25.4. The molecule has 0 aliphatic heterocycles. The summed E-state index contributed by atoms with van der Waals surface area (Å²) in [6.45, 7) is 2.14. The van der Waals surface area contributed by atoms with E-state index in [4.69, 9.17) is 0 Å². The maximum Gasteiger partial charge on any atom is 0.253 e. The van der Waals surface area contributed by atoms with Crippen LogP contribution in [0.15, 0.2) is 89.5 Å². The third-order valence-electron chi connectivity index (χ3n) is 7.23. The molecule has 1 amide bonds. The van der Waals surface area contributed by atoms with E-state index in [1.165, 1.54) is 30.0 Å². The zero-order valence-electron chi connectivity index (χ0n) is 21.4. The van der Waals surface area contributed by atoms with Gasteiger partial charge in [-0.1, -0.05) is 35.9 Å². The fraction of sp³-hybridized carbons (Fsp3) is 0.258. The molecule has 0 saturated carbocycles. The Morgan fingerprint density at radius 3 is 2.58 bits per heavy atom. The standard InChI is InChI=1S/C31H31FN4O2/c1-21-7-8-22(9-10-24-20-34-36(29(24)17-21)27-14-12-26(32)13-15-27)18-28(23-5-3-2-4-6-23)35-31(38)25-11-16-30(37)33-19-25/h2-6,11-17,19-20,22,28H,7-10,18H2,1H3,(H,33,37)(H,35,38)/b21-17+/t22-,28?/m0/s1. The third-order valence-corrected chi connectivity index (χ3v) is 7.23. The molecule has 0 spiro atoms. The summed E-state index contributed by atoms with van der Waals surface area (Å²) in [7, 11) is 0. The fourth-order valence-corrected chi connectivity index (χ4v) is 5.09. The second-order valence-electron chi connectivity index (χ2n) is 9.99. The van der Waals surface area contributed by atoms with Crippen LogP contribution in [0, 0.1) is 11.7 Å². The second-order valence-corrected chi connectivity index (χ2v) is 9.99. The first-order valence-electron chi connectivity index (χ1n) is 13.0. The highest BCUT2D eigenvalue weighted by atomic mass is 19.1. The Balaban J connectivity index is 1.37. The highest BCUT2D eigenvalue weighted by molar-refractivity contribution is 5.94. The van der Waals surface area contributed by atoms with Crippen LogP contribution in [0.1, 0.15) is 65.8 Å². The molecule has 2 heterocycles. The van der Waals surface area contributed by atoms with Crippen LogP contribution in [0.5, 0.6) is 0 Å². The molecule has 2 aromatic carbocycles. The zero-order chi connectivity index (χ0) is 26.5. The number of carbonyl (C=O) groups excluding carboxylic acids is 1. The lowest BCUT2D eigenvalue weighted by Gasteiger charge is -2.25. The predicted octanol–water partition coefficient (Wildman–Crippen LogP) is 6.01. The summed E-state index contributed by atoms with van der Waals surface area (Å²) in [5, 5.41) is 7.83. The van der Waals surface area contributed by atoms with Crippen LogP contribution in [-0.2, 0) is 6.42 Å². The van der Waals surface area contributed by atoms with Crippen molar-refractivity contribution >= 4 is 12.0 Å². The molecular formula is C31H31FN4O2. The van der Waals surface area contributed by atoms with Crippen molar-refractivity contribution in [1.82, 2.24) is 20.1 Å². The monoisotopic (exact) mass is 510 g/mol. The van der Waals surface area contributed by atoms with E-state index in [-0.39, 0.29) is 23.3 Å². The summed E-state index contributed by atoms with van der Waals surface area (Å²) in [4.78, 5) is 27.1. The number of fused-ring (bicyclic) bond motifs is 1. The minimum atomic E-state index is -0.268. The number of benzene rings is 2. The minimum absolute atomic E-state index is 0.160. The number of hydrogen-bond donors (Lipinski definition) is 2. The molecule has 38 heavy (non-hydrogen) atoms. The Morgan fingerprint density at radius 1 is 1.08 bits per heavy atom. The number of aryl methyl sites for hydroxylation is 1. The number of hydrogen-bond acceptors (Lipinski definition) is 3. The van der Waals surface area contributed by atoms with Gasteiger partial charge in [0.2, 0.25) is 5.56 Å². The van der Waals surface area contributed by atoms with Crippen LogP contribution < -0.4 is 10.9 Å². The molecule has 7 heteroatoms. The lowest BCUT2D eigenvalue weighted by atomic mass is 9.87. The molecule has 2 aromatic heterocycles. The van der Waals surface area contributed by atoms with Gasteiger partial charge in [0, 0.05) is 12.3 Å². The Morgan fingerprint density at radius 2 is 1.84 bits per heavy atom. The highest BCUT2D eigenvalue weighted by Gasteiger charge is 2.23. The number of H-pyrrole nitrogens is 1. The van der Waals surface area contributed by atoms with Crippen LogP contribution >= 0.6 is 0 Å². The average molecular weight is 511 g/mol. The van der Waals surface area contributed by atoms with Gasteiger partial charge in [0.15, 0.2) is 0 Å². The molecule has 1 aliphatic rings. The molecule has 5 rings (SSSR count). The second kappa shape index (κ2) is 11.4. The number of nitrogens with zero attached hydrogens (tertiary/aromatic N) is 2. The lowest BCUT2D eigenvalue weighted by Crippen LogP contribution is -2.30. The van der Waals surface area contributed by atoms with Crippen molar-refractivity contribution < 1.29 is 9.18 Å². The normalized spacial score (nSPS) is 17.7. The van der Waals surface area contributed by atoms with Crippen LogP contribution in [0.25, 0.3) is 11.8 Å². The summed E-state index contributed by atoms with van der Waals surface area (Å²) in [6.07, 6.45) is 10.1. The molecule has 0 fully saturated rings. The van der Waals surface area contributed by atoms with Gasteiger partial charge in [-0.05, 0) is 92.5 Å². The van der Waals surface area contributed by atoms with E-state index in [0.717, 1.165) is 54.6 Å². The molecule has 1 aliphatic carbocycles. The minimum Gasteiger partial charge on any atom is -0.345 e. The van der Waals surface area contributed by atoms with Crippen LogP contribution in [0.2, 0.25) is 0 Å². The van der Waals surface area contributed by atoms with Crippen molar-refractivity contribution in [1.29, 1.82) is 0 Å². The van der Waals surface area contributed by atoms with Crippen LogP contribution in [0.3, 0.4) is 0 Å². The van der Waals surface area contributed by atoms with E-state index in [1.54, 1.807) is 18.2 Å². The van der Waals surface area contributed by atoms with Crippen molar-refractivity contribution in [2.75, 3.05) is 0 Å². The van der Waals surface area contributed by atoms with Crippen molar-refractivity contribution in [3.8, 4) is 5.69 Å². The summed E-state index contributed by atoms with van der Waals surface area (Å²) < 4.78 is 15.4. The maximum atomic E-state index is 13.5. The molecule has 0 radical (unpaired) electrons. The van der Waals surface area contributed by atoms with Crippen molar-refractivity contribution in [3.05, 3.63) is 123 Å². The number of pyridine rings is 1. The molecule has 2 N–H and O–H groups in total. The van der Waals surface area contributed by atoms with Gasteiger partial charge in [-0.15, -0.1) is 0 Å². The van der Waals surface area contributed by atoms with Gasteiger partial charge >= 0.3 is 0 Å². The quantitative estimate of drug-likeness (QED) is 0.334. The Hall–Kier alpha value is -4.26. The van der Waals surface area contributed by atoms with Gasteiger partial charge in [-0.3, -0.25) is 9.59 Å². The molecular weight excluding hydrogens is 479 g/mol. The molecule has 0 bridgehead atoms. The summed E-state index contributed by atoms with van der Waals surface area (Å²) in [6, 6.07) is 19.2. The number of aromatic amines is 1.